The average molecular weight is 672 g/mol. The smallest absolute Gasteiger partial charge is 0.413 e. The van der Waals surface area contributed by atoms with E-state index in [1.165, 1.54) is 0 Å². The molecule has 3 fully saturated rings. The molecule has 2 atom stereocenters. The molecular weight excluding hydrogens is 626 g/mol. The minimum atomic E-state index is -0.857. The first-order chi connectivity index (χ1) is 23.6. The van der Waals surface area contributed by atoms with Gasteiger partial charge in [0.25, 0.3) is 0 Å². The quantitative estimate of drug-likeness (QED) is 0.311. The Morgan fingerprint density at radius 2 is 1.71 bits per heavy atom. The Bertz CT molecular complexity index is 1760. The molecule has 0 radical (unpaired) electrons. The molecule has 14 heteroatoms. The van der Waals surface area contributed by atoms with Crippen LogP contribution in [0.5, 0.6) is 0 Å². The maximum Gasteiger partial charge on any atom is 0.413 e. The monoisotopic (exact) mass is 671 g/mol. The normalized spacial score (nSPS) is 20.9. The molecule has 2 spiro atoms. The summed E-state index contributed by atoms with van der Waals surface area (Å²) in [6.45, 7) is 7.17. The van der Waals surface area contributed by atoms with Crippen LogP contribution in [0.2, 0.25) is 0 Å². The number of ether oxygens (including phenoxy) is 1. The van der Waals surface area contributed by atoms with Crippen LogP contribution in [0.4, 0.5) is 15.4 Å². The highest BCUT2D eigenvalue weighted by atomic mass is 16.6. The number of amides is 5. The van der Waals surface area contributed by atoms with E-state index >= 15 is 0 Å². The molecule has 4 aliphatic rings. The van der Waals surface area contributed by atoms with Crippen molar-refractivity contribution in [1.82, 2.24) is 40.5 Å². The largest absolute Gasteiger partial charge is 0.437 e. The van der Waals surface area contributed by atoms with Crippen molar-refractivity contribution in [3.8, 4) is 0 Å². The first-order valence-corrected chi connectivity index (χ1v) is 17.3. The Morgan fingerprint density at radius 1 is 1.00 bits per heavy atom. The van der Waals surface area contributed by atoms with E-state index in [0.29, 0.717) is 64.3 Å². The summed E-state index contributed by atoms with van der Waals surface area (Å²) >= 11 is 0. The van der Waals surface area contributed by atoms with Crippen molar-refractivity contribution >= 4 is 40.7 Å². The van der Waals surface area contributed by atoms with Gasteiger partial charge in [-0.3, -0.25) is 20.0 Å². The van der Waals surface area contributed by atoms with Crippen molar-refractivity contribution in [2.24, 2.45) is 5.41 Å². The number of carbonyl (C=O) groups is 4. The molecule has 49 heavy (non-hydrogen) atoms. The molecule has 4 aliphatic heterocycles. The van der Waals surface area contributed by atoms with Gasteiger partial charge in [-0.15, -0.1) is 0 Å². The number of fused-ring (bicyclic) bond motifs is 3. The maximum atomic E-state index is 14.3. The first-order valence-electron chi connectivity index (χ1n) is 17.3. The number of nitrogens with zero attached hydrogens (tertiary/aromatic N) is 5. The molecule has 5 amide bonds. The van der Waals surface area contributed by atoms with E-state index < -0.39 is 17.7 Å². The second-order valence-corrected chi connectivity index (χ2v) is 14.2. The highest BCUT2D eigenvalue weighted by Gasteiger charge is 2.47. The Hall–Kier alpha value is -4.72. The highest BCUT2D eigenvalue weighted by Crippen LogP contribution is 2.43. The third-order valence-corrected chi connectivity index (χ3v) is 11.2. The van der Waals surface area contributed by atoms with Gasteiger partial charge < -0.3 is 30.1 Å². The fourth-order valence-electron chi connectivity index (χ4n) is 8.13. The van der Waals surface area contributed by atoms with Gasteiger partial charge in [0.15, 0.2) is 0 Å². The maximum absolute atomic E-state index is 14.3. The number of hydrogen-bond acceptors (Lipinski definition) is 8. The zero-order valence-electron chi connectivity index (χ0n) is 28.4. The summed E-state index contributed by atoms with van der Waals surface area (Å²) in [5.41, 5.74) is 2.82. The predicted molar refractivity (Wildman–Crippen MR) is 182 cm³/mol. The standard InChI is InChI=1S/C35H45N9O5/c1-22-17-24(18-25-20-38-41-28(22)25)19-27(31(46)44-14-8-34(21-44)6-12-42(13-7-34)30(45)23(2)36-3)39-32(47)43-15-9-35(10-16-43)26-5-4-11-37-29(26)40-33(48)49-35/h4-5,11,17-18,20,23,27,36H,6-10,12-16,19,21H2,1-3H3,(H,38,41)(H,39,47)(H,37,40,48)/t23-,27+/m0/s1. The van der Waals surface area contributed by atoms with E-state index in [-0.39, 0.29) is 29.3 Å². The molecule has 2 aromatic heterocycles. The topological polar surface area (TPSA) is 165 Å². The number of aromatic nitrogens is 3. The number of pyridine rings is 1. The van der Waals surface area contributed by atoms with Gasteiger partial charge in [0.1, 0.15) is 17.5 Å². The number of nitrogens with one attached hydrogen (secondary N) is 4. The van der Waals surface area contributed by atoms with E-state index in [0.717, 1.165) is 46.9 Å². The van der Waals surface area contributed by atoms with Crippen molar-refractivity contribution in [3.63, 3.8) is 0 Å². The summed E-state index contributed by atoms with van der Waals surface area (Å²) in [4.78, 5) is 63.2. The number of hydrogen-bond donors (Lipinski definition) is 4. The second-order valence-electron chi connectivity index (χ2n) is 14.2. The number of piperidine rings is 2. The molecule has 4 N–H and O–H groups in total. The third kappa shape index (κ3) is 6.29. The summed E-state index contributed by atoms with van der Waals surface area (Å²) in [6.07, 6.45) is 6.59. The van der Waals surface area contributed by atoms with Crippen LogP contribution >= 0.6 is 0 Å². The number of carbonyl (C=O) groups excluding carboxylic acids is 4. The predicted octanol–water partition coefficient (Wildman–Crippen LogP) is 2.89. The zero-order valence-corrected chi connectivity index (χ0v) is 28.4. The summed E-state index contributed by atoms with van der Waals surface area (Å²) in [7, 11) is 1.79. The molecule has 14 nitrogen and oxygen atoms in total. The fourth-order valence-corrected chi connectivity index (χ4v) is 8.13. The SMILES string of the molecule is CN[C@@H](C)C(=O)N1CCC2(CC1)CCN(C(=O)[C@@H](Cc1cc(C)c3[nH]ncc3c1)NC(=O)N1CCC3(CC1)OC(=O)Nc1ncccc13)C2. The van der Waals surface area contributed by atoms with Gasteiger partial charge in [0.05, 0.1) is 17.8 Å². The van der Waals surface area contributed by atoms with Gasteiger partial charge >= 0.3 is 12.1 Å². The number of likely N-dealkylation sites (tertiary alicyclic amines) is 3. The third-order valence-electron chi connectivity index (χ3n) is 11.2. The van der Waals surface area contributed by atoms with Gasteiger partial charge in [-0.05, 0) is 74.9 Å². The fraction of sp³-hybridized carbons (Fsp3) is 0.543. The Balaban J connectivity index is 1.06. The Kier molecular flexibility index (Phi) is 8.67. The van der Waals surface area contributed by atoms with Crippen molar-refractivity contribution < 1.29 is 23.9 Å². The number of anilines is 1. The number of H-pyrrole nitrogens is 1. The summed E-state index contributed by atoms with van der Waals surface area (Å²) in [5, 5.41) is 17.0. The average Bonchev–Trinajstić information content (AvgIpc) is 3.75. The van der Waals surface area contributed by atoms with E-state index in [1.807, 2.05) is 47.9 Å². The van der Waals surface area contributed by atoms with Crippen molar-refractivity contribution in [1.29, 1.82) is 0 Å². The van der Waals surface area contributed by atoms with Crippen molar-refractivity contribution in [2.75, 3.05) is 51.6 Å². The molecule has 0 aliphatic carbocycles. The molecule has 0 bridgehead atoms. The lowest BCUT2D eigenvalue weighted by Crippen LogP contribution is -2.56. The lowest BCUT2D eigenvalue weighted by Gasteiger charge is -2.43. The van der Waals surface area contributed by atoms with Crippen molar-refractivity contribution in [2.45, 2.75) is 70.1 Å². The van der Waals surface area contributed by atoms with Crippen LogP contribution in [0, 0.1) is 12.3 Å². The number of urea groups is 1. The van der Waals surface area contributed by atoms with Gasteiger partial charge in [0, 0.05) is 75.7 Å². The van der Waals surface area contributed by atoms with E-state index in [2.05, 4.69) is 31.1 Å². The number of benzene rings is 1. The Labute approximate surface area is 285 Å². The summed E-state index contributed by atoms with van der Waals surface area (Å²) < 4.78 is 5.82. The molecule has 0 unspecified atom stereocenters. The molecule has 7 rings (SSSR count). The molecule has 260 valence electrons. The number of rotatable bonds is 6. The second kappa shape index (κ2) is 13.0. The zero-order chi connectivity index (χ0) is 34.3. The van der Waals surface area contributed by atoms with E-state index in [9.17, 15) is 19.2 Å². The lowest BCUT2D eigenvalue weighted by molar-refractivity contribution is -0.136. The van der Waals surface area contributed by atoms with Crippen LogP contribution in [0.25, 0.3) is 10.9 Å². The molecule has 1 aromatic carbocycles. The van der Waals surface area contributed by atoms with Gasteiger partial charge in [-0.1, -0.05) is 6.07 Å². The van der Waals surface area contributed by atoms with Crippen LogP contribution in [0.3, 0.4) is 0 Å². The molecule has 3 saturated heterocycles. The summed E-state index contributed by atoms with van der Waals surface area (Å²) in [6, 6.07) is 6.46. The van der Waals surface area contributed by atoms with Gasteiger partial charge in [0.2, 0.25) is 11.8 Å². The number of aryl methyl sites for hydroxylation is 1. The molecule has 3 aromatic rings. The molecule has 0 saturated carbocycles. The number of likely N-dealkylation sites (N-methyl/N-ethyl adjacent to an activating group) is 1. The summed E-state index contributed by atoms with van der Waals surface area (Å²) in [5.74, 6) is 0.498. The van der Waals surface area contributed by atoms with E-state index in [4.69, 9.17) is 4.74 Å². The van der Waals surface area contributed by atoms with Crippen LogP contribution in [-0.4, -0.2) is 112 Å². The van der Waals surface area contributed by atoms with Crippen LogP contribution in [0.15, 0.2) is 36.7 Å². The van der Waals surface area contributed by atoms with E-state index in [1.54, 1.807) is 24.3 Å². The van der Waals surface area contributed by atoms with Crippen LogP contribution in [-0.2, 0) is 26.3 Å². The van der Waals surface area contributed by atoms with Crippen LogP contribution < -0.4 is 16.0 Å². The lowest BCUT2D eigenvalue weighted by atomic mass is 9.77. The molecule has 6 heterocycles. The molecular formula is C35H45N9O5. The highest BCUT2D eigenvalue weighted by molar-refractivity contribution is 5.89. The van der Waals surface area contributed by atoms with Crippen LogP contribution in [0.1, 0.15) is 55.7 Å². The van der Waals surface area contributed by atoms with Crippen molar-refractivity contribution in [3.05, 3.63) is 53.3 Å². The Morgan fingerprint density at radius 3 is 2.45 bits per heavy atom. The number of aromatic amines is 1. The van der Waals surface area contributed by atoms with Gasteiger partial charge in [-0.2, -0.15) is 5.10 Å². The minimum Gasteiger partial charge on any atom is -0.437 e. The van der Waals surface area contributed by atoms with Gasteiger partial charge in [-0.25, -0.2) is 14.6 Å². The minimum absolute atomic E-state index is 0.0329. The first kappa shape index (κ1) is 32.8.